The van der Waals surface area contributed by atoms with Crippen LogP contribution in [0, 0.1) is 5.41 Å². The standard InChI is InChI=1S/C13H21N3O/c1-14-9-13(5-6-13)10-16-12(17)3-2-11-4-7-15-8-11/h4,7-8,14-15H,2-3,5-6,9-10H2,1H3,(H,16,17). The molecular formula is C13H21N3O. The first-order chi connectivity index (χ1) is 8.24. The Balaban J connectivity index is 1.64. The molecule has 0 saturated heterocycles. The van der Waals surface area contributed by atoms with Crippen LogP contribution in [0.15, 0.2) is 18.5 Å². The lowest BCUT2D eigenvalue weighted by Crippen LogP contribution is -2.34. The highest BCUT2D eigenvalue weighted by Gasteiger charge is 2.41. The third kappa shape index (κ3) is 3.60. The SMILES string of the molecule is CNCC1(CNC(=O)CCc2cc[nH]c2)CC1. The van der Waals surface area contributed by atoms with Crippen LogP contribution in [0.5, 0.6) is 0 Å². The summed E-state index contributed by atoms with van der Waals surface area (Å²) in [5.41, 5.74) is 1.54. The van der Waals surface area contributed by atoms with E-state index in [-0.39, 0.29) is 5.91 Å². The van der Waals surface area contributed by atoms with E-state index in [1.807, 2.05) is 25.5 Å². The maximum absolute atomic E-state index is 11.7. The average molecular weight is 235 g/mol. The quantitative estimate of drug-likeness (QED) is 0.662. The summed E-state index contributed by atoms with van der Waals surface area (Å²) in [6.45, 7) is 1.82. The van der Waals surface area contributed by atoms with E-state index in [1.54, 1.807) is 0 Å². The zero-order chi connectivity index (χ0) is 12.1. The van der Waals surface area contributed by atoms with Gasteiger partial charge in [-0.25, -0.2) is 0 Å². The fourth-order valence-corrected chi connectivity index (χ4v) is 2.11. The van der Waals surface area contributed by atoms with E-state index in [1.165, 1.54) is 18.4 Å². The minimum absolute atomic E-state index is 0.161. The molecule has 0 bridgehead atoms. The van der Waals surface area contributed by atoms with E-state index < -0.39 is 0 Å². The predicted octanol–water partition coefficient (Wildman–Crippen LogP) is 1.06. The van der Waals surface area contributed by atoms with Crippen molar-refractivity contribution in [3.05, 3.63) is 24.0 Å². The van der Waals surface area contributed by atoms with Crippen LogP contribution in [-0.2, 0) is 11.2 Å². The van der Waals surface area contributed by atoms with Gasteiger partial charge in [0, 0.05) is 37.3 Å². The zero-order valence-electron chi connectivity index (χ0n) is 10.4. The van der Waals surface area contributed by atoms with Crippen molar-refractivity contribution in [2.75, 3.05) is 20.1 Å². The minimum atomic E-state index is 0.161. The molecule has 0 spiro atoms. The Morgan fingerprint density at radius 3 is 2.88 bits per heavy atom. The van der Waals surface area contributed by atoms with Crippen LogP contribution in [-0.4, -0.2) is 31.0 Å². The number of H-pyrrole nitrogens is 1. The molecule has 0 atom stereocenters. The molecule has 1 aromatic rings. The first-order valence-electron chi connectivity index (χ1n) is 6.27. The summed E-state index contributed by atoms with van der Waals surface area (Å²) in [4.78, 5) is 14.7. The molecule has 0 radical (unpaired) electrons. The van der Waals surface area contributed by atoms with E-state index >= 15 is 0 Å². The summed E-state index contributed by atoms with van der Waals surface area (Å²) in [6, 6.07) is 2.01. The lowest BCUT2D eigenvalue weighted by molar-refractivity contribution is -0.121. The second-order valence-corrected chi connectivity index (χ2v) is 5.03. The van der Waals surface area contributed by atoms with Gasteiger partial charge in [0.1, 0.15) is 0 Å². The van der Waals surface area contributed by atoms with E-state index in [4.69, 9.17) is 0 Å². The number of rotatable bonds is 7. The molecule has 0 aromatic carbocycles. The fraction of sp³-hybridized carbons (Fsp3) is 0.615. The molecule has 3 N–H and O–H groups in total. The number of nitrogens with one attached hydrogen (secondary N) is 3. The van der Waals surface area contributed by atoms with Crippen molar-refractivity contribution in [2.24, 2.45) is 5.41 Å². The minimum Gasteiger partial charge on any atom is -0.367 e. The first kappa shape index (κ1) is 12.2. The number of carbonyl (C=O) groups is 1. The second-order valence-electron chi connectivity index (χ2n) is 5.03. The molecule has 17 heavy (non-hydrogen) atoms. The summed E-state index contributed by atoms with van der Waals surface area (Å²) in [5.74, 6) is 0.161. The summed E-state index contributed by atoms with van der Waals surface area (Å²) in [6.07, 6.45) is 7.68. The van der Waals surface area contributed by atoms with Gasteiger partial charge in [-0.05, 0) is 37.9 Å². The Morgan fingerprint density at radius 2 is 2.29 bits per heavy atom. The highest BCUT2D eigenvalue weighted by molar-refractivity contribution is 5.76. The largest absolute Gasteiger partial charge is 0.367 e. The maximum atomic E-state index is 11.7. The van der Waals surface area contributed by atoms with Crippen molar-refractivity contribution in [1.82, 2.24) is 15.6 Å². The van der Waals surface area contributed by atoms with Crippen LogP contribution in [0.2, 0.25) is 0 Å². The number of aryl methyl sites for hydroxylation is 1. The average Bonchev–Trinajstić information content (AvgIpc) is 2.90. The number of hydrogen-bond donors (Lipinski definition) is 3. The highest BCUT2D eigenvalue weighted by atomic mass is 16.1. The van der Waals surface area contributed by atoms with Crippen LogP contribution in [0.4, 0.5) is 0 Å². The molecular weight excluding hydrogens is 214 g/mol. The normalized spacial score (nSPS) is 16.8. The van der Waals surface area contributed by atoms with Crippen molar-refractivity contribution in [3.63, 3.8) is 0 Å². The summed E-state index contributed by atoms with van der Waals surface area (Å²) < 4.78 is 0. The monoisotopic (exact) mass is 235 g/mol. The third-order valence-electron chi connectivity index (χ3n) is 3.47. The van der Waals surface area contributed by atoms with Crippen molar-refractivity contribution in [1.29, 1.82) is 0 Å². The van der Waals surface area contributed by atoms with Crippen LogP contribution in [0.3, 0.4) is 0 Å². The summed E-state index contributed by atoms with van der Waals surface area (Å²) >= 11 is 0. The Bertz CT molecular complexity index is 355. The van der Waals surface area contributed by atoms with Gasteiger partial charge in [-0.3, -0.25) is 4.79 Å². The molecule has 4 heteroatoms. The Morgan fingerprint density at radius 1 is 1.47 bits per heavy atom. The van der Waals surface area contributed by atoms with Gasteiger partial charge in [0.25, 0.3) is 0 Å². The Labute approximate surface area is 102 Å². The molecule has 1 fully saturated rings. The van der Waals surface area contributed by atoms with E-state index in [9.17, 15) is 4.79 Å². The molecule has 1 amide bonds. The van der Waals surface area contributed by atoms with Gasteiger partial charge >= 0.3 is 0 Å². The molecule has 1 saturated carbocycles. The molecule has 1 aliphatic rings. The Kier molecular flexibility index (Phi) is 3.84. The lowest BCUT2D eigenvalue weighted by Gasteiger charge is -2.15. The number of amides is 1. The van der Waals surface area contributed by atoms with Gasteiger partial charge in [-0.15, -0.1) is 0 Å². The number of aromatic amines is 1. The van der Waals surface area contributed by atoms with E-state index in [0.29, 0.717) is 11.8 Å². The molecule has 2 rings (SSSR count). The van der Waals surface area contributed by atoms with Crippen LogP contribution >= 0.6 is 0 Å². The predicted molar refractivity (Wildman–Crippen MR) is 67.7 cm³/mol. The zero-order valence-corrected chi connectivity index (χ0v) is 10.4. The Hall–Kier alpha value is -1.29. The lowest BCUT2D eigenvalue weighted by atomic mass is 10.1. The van der Waals surface area contributed by atoms with Gasteiger partial charge in [-0.2, -0.15) is 0 Å². The first-order valence-corrected chi connectivity index (χ1v) is 6.27. The van der Waals surface area contributed by atoms with Crippen molar-refractivity contribution in [3.8, 4) is 0 Å². The summed E-state index contributed by atoms with van der Waals surface area (Å²) in [7, 11) is 1.97. The van der Waals surface area contributed by atoms with Crippen molar-refractivity contribution >= 4 is 5.91 Å². The molecule has 1 aromatic heterocycles. The van der Waals surface area contributed by atoms with Gasteiger partial charge in [0.05, 0.1) is 0 Å². The van der Waals surface area contributed by atoms with E-state index in [2.05, 4.69) is 15.6 Å². The van der Waals surface area contributed by atoms with Crippen molar-refractivity contribution < 1.29 is 4.79 Å². The molecule has 1 heterocycles. The van der Waals surface area contributed by atoms with Gasteiger partial charge in [-0.1, -0.05) is 0 Å². The topological polar surface area (TPSA) is 56.9 Å². The highest BCUT2D eigenvalue weighted by Crippen LogP contribution is 2.44. The summed E-state index contributed by atoms with van der Waals surface area (Å²) in [5, 5.41) is 6.24. The number of aromatic nitrogens is 1. The number of hydrogen-bond acceptors (Lipinski definition) is 2. The van der Waals surface area contributed by atoms with E-state index in [0.717, 1.165) is 19.5 Å². The second kappa shape index (κ2) is 5.36. The van der Waals surface area contributed by atoms with Crippen molar-refractivity contribution in [2.45, 2.75) is 25.7 Å². The fourth-order valence-electron chi connectivity index (χ4n) is 2.11. The van der Waals surface area contributed by atoms with Gasteiger partial charge in [0.15, 0.2) is 0 Å². The maximum Gasteiger partial charge on any atom is 0.220 e. The van der Waals surface area contributed by atoms with Crippen LogP contribution in [0.25, 0.3) is 0 Å². The van der Waals surface area contributed by atoms with Gasteiger partial charge < -0.3 is 15.6 Å². The molecule has 1 aliphatic carbocycles. The van der Waals surface area contributed by atoms with Gasteiger partial charge in [0.2, 0.25) is 5.91 Å². The molecule has 0 aliphatic heterocycles. The smallest absolute Gasteiger partial charge is 0.220 e. The number of carbonyl (C=O) groups excluding carboxylic acids is 1. The third-order valence-corrected chi connectivity index (χ3v) is 3.47. The molecule has 4 nitrogen and oxygen atoms in total. The molecule has 0 unspecified atom stereocenters. The van der Waals surface area contributed by atoms with Crippen LogP contribution < -0.4 is 10.6 Å². The van der Waals surface area contributed by atoms with Crippen LogP contribution in [0.1, 0.15) is 24.8 Å². The molecule has 94 valence electrons.